The highest BCUT2D eigenvalue weighted by Crippen LogP contribution is 2.37. The third-order valence-corrected chi connectivity index (χ3v) is 5.83. The molecule has 25 heavy (non-hydrogen) atoms. The molecule has 4 unspecified atom stereocenters. The van der Waals surface area contributed by atoms with Gasteiger partial charge in [0.2, 0.25) is 11.8 Å². The minimum absolute atomic E-state index is 0.108. The van der Waals surface area contributed by atoms with Gasteiger partial charge in [-0.05, 0) is 37.7 Å². The topological polar surface area (TPSA) is 66.6 Å². The van der Waals surface area contributed by atoms with E-state index in [4.69, 9.17) is 5.73 Å². The van der Waals surface area contributed by atoms with Gasteiger partial charge in [-0.3, -0.25) is 9.59 Å². The van der Waals surface area contributed by atoms with Gasteiger partial charge in [-0.15, -0.1) is 0 Å². The van der Waals surface area contributed by atoms with Gasteiger partial charge in [0.05, 0.1) is 12.0 Å². The summed E-state index contributed by atoms with van der Waals surface area (Å²) in [7, 11) is 1.82. The third kappa shape index (κ3) is 3.71. The van der Waals surface area contributed by atoms with Gasteiger partial charge in [-0.1, -0.05) is 30.3 Å². The smallest absolute Gasteiger partial charge is 0.228 e. The minimum Gasteiger partial charge on any atom is -0.342 e. The van der Waals surface area contributed by atoms with Crippen LogP contribution in [0.25, 0.3) is 0 Å². The molecule has 5 heteroatoms. The lowest BCUT2D eigenvalue weighted by molar-refractivity contribution is -0.147. The Labute approximate surface area is 150 Å². The molecular weight excluding hydrogens is 314 g/mol. The largest absolute Gasteiger partial charge is 0.342 e. The molecule has 3 rings (SSSR count). The van der Waals surface area contributed by atoms with Crippen LogP contribution in [-0.4, -0.2) is 47.8 Å². The van der Waals surface area contributed by atoms with Gasteiger partial charge in [0.25, 0.3) is 0 Å². The monoisotopic (exact) mass is 343 g/mol. The first-order valence-corrected chi connectivity index (χ1v) is 9.34. The second kappa shape index (κ2) is 7.56. The van der Waals surface area contributed by atoms with Crippen LogP contribution >= 0.6 is 0 Å². The molecule has 0 aromatic heterocycles. The average molecular weight is 343 g/mol. The molecule has 0 radical (unpaired) electrons. The van der Waals surface area contributed by atoms with E-state index in [1.165, 1.54) is 0 Å². The van der Waals surface area contributed by atoms with Crippen molar-refractivity contribution in [2.75, 3.05) is 20.1 Å². The van der Waals surface area contributed by atoms with Crippen LogP contribution in [0.4, 0.5) is 0 Å². The fourth-order valence-corrected chi connectivity index (χ4v) is 4.28. The lowest BCUT2D eigenvalue weighted by Crippen LogP contribution is -2.51. The van der Waals surface area contributed by atoms with Crippen molar-refractivity contribution >= 4 is 11.8 Å². The molecule has 2 amide bonds. The number of likely N-dealkylation sites (tertiary alicyclic amines) is 2. The quantitative estimate of drug-likeness (QED) is 0.915. The number of hydrogen-bond acceptors (Lipinski definition) is 3. The van der Waals surface area contributed by atoms with Crippen molar-refractivity contribution in [1.82, 2.24) is 9.80 Å². The number of nitrogens with zero attached hydrogens (tertiary/aromatic N) is 2. The molecule has 136 valence electrons. The van der Waals surface area contributed by atoms with Crippen molar-refractivity contribution in [1.29, 1.82) is 0 Å². The van der Waals surface area contributed by atoms with Crippen LogP contribution in [0.5, 0.6) is 0 Å². The van der Waals surface area contributed by atoms with Crippen LogP contribution in [-0.2, 0) is 9.59 Å². The molecule has 5 nitrogen and oxygen atoms in total. The van der Waals surface area contributed by atoms with Crippen molar-refractivity contribution in [3.05, 3.63) is 35.9 Å². The van der Waals surface area contributed by atoms with E-state index in [1.807, 2.05) is 49.2 Å². The van der Waals surface area contributed by atoms with E-state index in [9.17, 15) is 9.59 Å². The van der Waals surface area contributed by atoms with Crippen LogP contribution in [0.3, 0.4) is 0 Å². The summed E-state index contributed by atoms with van der Waals surface area (Å²) in [6.07, 6.45) is 3.17. The molecule has 1 aromatic carbocycles. The summed E-state index contributed by atoms with van der Waals surface area (Å²) in [6.45, 7) is 3.57. The van der Waals surface area contributed by atoms with Crippen molar-refractivity contribution < 1.29 is 9.59 Å². The van der Waals surface area contributed by atoms with E-state index in [-0.39, 0.29) is 29.8 Å². The molecule has 2 N–H and O–H groups in total. The number of amides is 2. The summed E-state index contributed by atoms with van der Waals surface area (Å²) < 4.78 is 0. The normalized spacial score (nSPS) is 28.8. The van der Waals surface area contributed by atoms with Crippen LogP contribution in [0.2, 0.25) is 0 Å². The van der Waals surface area contributed by atoms with Gasteiger partial charge in [0, 0.05) is 32.6 Å². The molecule has 0 spiro atoms. The Hall–Kier alpha value is -1.88. The molecule has 2 heterocycles. The Kier molecular flexibility index (Phi) is 5.42. The number of carbonyl (C=O) groups excluding carboxylic acids is 2. The van der Waals surface area contributed by atoms with E-state index in [2.05, 4.69) is 0 Å². The summed E-state index contributed by atoms with van der Waals surface area (Å²) in [5, 5.41) is 0. The van der Waals surface area contributed by atoms with Crippen molar-refractivity contribution in [3.8, 4) is 0 Å². The maximum atomic E-state index is 13.3. The number of carbonyl (C=O) groups is 2. The van der Waals surface area contributed by atoms with Gasteiger partial charge in [0.15, 0.2) is 0 Å². The fraction of sp³-hybridized carbons (Fsp3) is 0.600. The van der Waals surface area contributed by atoms with E-state index in [1.54, 1.807) is 4.90 Å². The molecule has 1 aromatic rings. The molecule has 2 saturated heterocycles. The minimum atomic E-state index is -0.175. The first-order valence-electron chi connectivity index (χ1n) is 9.34. The molecule has 2 fully saturated rings. The molecule has 4 atom stereocenters. The van der Waals surface area contributed by atoms with Gasteiger partial charge >= 0.3 is 0 Å². The van der Waals surface area contributed by atoms with Gasteiger partial charge in [-0.2, -0.15) is 0 Å². The molecule has 0 saturated carbocycles. The maximum absolute atomic E-state index is 13.3. The lowest BCUT2D eigenvalue weighted by Gasteiger charge is -2.42. The van der Waals surface area contributed by atoms with Crippen LogP contribution in [0, 0.1) is 11.8 Å². The predicted molar refractivity (Wildman–Crippen MR) is 97.6 cm³/mol. The first kappa shape index (κ1) is 17.9. The Morgan fingerprint density at radius 3 is 2.64 bits per heavy atom. The van der Waals surface area contributed by atoms with E-state index < -0.39 is 0 Å². The van der Waals surface area contributed by atoms with E-state index >= 15 is 0 Å². The van der Waals surface area contributed by atoms with Crippen LogP contribution in [0.15, 0.2) is 30.3 Å². The van der Waals surface area contributed by atoms with E-state index in [0.717, 1.165) is 31.5 Å². The van der Waals surface area contributed by atoms with Crippen LogP contribution in [0.1, 0.15) is 44.2 Å². The van der Waals surface area contributed by atoms with Crippen LogP contribution < -0.4 is 5.73 Å². The summed E-state index contributed by atoms with van der Waals surface area (Å²) in [5.74, 6) is 0.497. The Morgan fingerprint density at radius 2 is 1.96 bits per heavy atom. The summed E-state index contributed by atoms with van der Waals surface area (Å²) >= 11 is 0. The number of benzene rings is 1. The summed E-state index contributed by atoms with van der Waals surface area (Å²) in [4.78, 5) is 29.3. The number of rotatable bonds is 3. The van der Waals surface area contributed by atoms with Gasteiger partial charge in [-0.25, -0.2) is 0 Å². The zero-order chi connectivity index (χ0) is 18.0. The molecular formula is C20H29N3O2. The van der Waals surface area contributed by atoms with Gasteiger partial charge in [0.1, 0.15) is 0 Å². The highest BCUT2D eigenvalue weighted by molar-refractivity contribution is 5.85. The molecule has 0 aliphatic carbocycles. The maximum Gasteiger partial charge on any atom is 0.228 e. The third-order valence-electron chi connectivity index (χ3n) is 5.83. The number of nitrogens with two attached hydrogens (primary N) is 1. The van der Waals surface area contributed by atoms with Crippen molar-refractivity contribution in [3.63, 3.8) is 0 Å². The molecule has 2 aliphatic heterocycles. The second-order valence-electron chi connectivity index (χ2n) is 7.55. The standard InChI is InChI=1S/C20H29N3O2/c1-14(21)16-9-6-12-23(13-16)20(25)17-10-11-18(24)22(2)19(17)15-7-4-3-5-8-15/h3-5,7-8,14,16-17,19H,6,9-13,21H2,1-2H3. The highest BCUT2D eigenvalue weighted by Gasteiger charge is 2.41. The summed E-state index contributed by atoms with van der Waals surface area (Å²) in [6, 6.07) is 9.86. The lowest BCUT2D eigenvalue weighted by atomic mass is 9.82. The van der Waals surface area contributed by atoms with E-state index in [0.29, 0.717) is 18.8 Å². The number of hydrogen-bond donors (Lipinski definition) is 1. The Bertz CT molecular complexity index is 617. The molecule has 2 aliphatic rings. The average Bonchev–Trinajstić information content (AvgIpc) is 2.64. The van der Waals surface area contributed by atoms with Crippen molar-refractivity contribution in [2.45, 2.75) is 44.7 Å². The predicted octanol–water partition coefficient (Wildman–Crippen LogP) is 2.18. The zero-order valence-corrected chi connectivity index (χ0v) is 15.2. The SMILES string of the molecule is CC(N)C1CCCN(C(=O)C2CCC(=O)N(C)C2c2ccccc2)C1. The first-order chi connectivity index (χ1) is 12.0. The Balaban J connectivity index is 1.83. The second-order valence-corrected chi connectivity index (χ2v) is 7.55. The number of piperidine rings is 2. The molecule has 0 bridgehead atoms. The highest BCUT2D eigenvalue weighted by atomic mass is 16.2. The Morgan fingerprint density at radius 1 is 1.24 bits per heavy atom. The fourth-order valence-electron chi connectivity index (χ4n) is 4.28. The van der Waals surface area contributed by atoms with Gasteiger partial charge < -0.3 is 15.5 Å². The summed E-state index contributed by atoms with van der Waals surface area (Å²) in [5.41, 5.74) is 7.11. The van der Waals surface area contributed by atoms with Crippen molar-refractivity contribution in [2.24, 2.45) is 17.6 Å². The zero-order valence-electron chi connectivity index (χ0n) is 15.2.